The molecule has 0 saturated heterocycles. The van der Waals surface area contributed by atoms with Crippen LogP contribution in [0.4, 0.5) is 0 Å². The van der Waals surface area contributed by atoms with Crippen LogP contribution < -0.4 is 0 Å². The monoisotopic (exact) mass is 336 g/mol. The van der Waals surface area contributed by atoms with Gasteiger partial charge in [-0.2, -0.15) is 5.10 Å². The van der Waals surface area contributed by atoms with Crippen molar-refractivity contribution in [3.05, 3.63) is 70.9 Å². The molecule has 0 aliphatic rings. The Kier molecular flexibility index (Phi) is 4.10. The minimum atomic E-state index is -1.38. The third kappa shape index (κ3) is 2.89. The van der Waals surface area contributed by atoms with E-state index in [4.69, 9.17) is 0 Å². The van der Waals surface area contributed by atoms with Gasteiger partial charge < -0.3 is 10.2 Å². The highest BCUT2D eigenvalue weighted by atomic mass is 16.4. The van der Waals surface area contributed by atoms with Gasteiger partial charge in [-0.3, -0.25) is 0 Å². The van der Waals surface area contributed by atoms with E-state index in [1.165, 1.54) is 4.68 Å². The molecule has 0 saturated carbocycles. The van der Waals surface area contributed by atoms with Crippen molar-refractivity contribution >= 4 is 11.9 Å². The molecule has 0 atom stereocenters. The van der Waals surface area contributed by atoms with Gasteiger partial charge in [0.2, 0.25) is 0 Å². The lowest BCUT2D eigenvalue weighted by Gasteiger charge is -2.10. The Balaban J connectivity index is 2.38. The molecule has 1 heterocycles. The average molecular weight is 336 g/mol. The maximum absolute atomic E-state index is 11.8. The minimum absolute atomic E-state index is 0.244. The number of hydrogen-bond donors (Lipinski definition) is 2. The number of aryl methyl sites for hydroxylation is 2. The van der Waals surface area contributed by atoms with Crippen LogP contribution in [0.5, 0.6) is 0 Å². The molecule has 126 valence electrons. The summed E-state index contributed by atoms with van der Waals surface area (Å²) in [4.78, 5) is 23.3. The van der Waals surface area contributed by atoms with Gasteiger partial charge in [0.25, 0.3) is 0 Å². The Hall–Kier alpha value is -3.41. The summed E-state index contributed by atoms with van der Waals surface area (Å²) >= 11 is 0. The highest BCUT2D eigenvalue weighted by Crippen LogP contribution is 2.30. The first-order valence-electron chi connectivity index (χ1n) is 7.62. The van der Waals surface area contributed by atoms with Crippen LogP contribution in [-0.4, -0.2) is 31.9 Å². The van der Waals surface area contributed by atoms with Crippen molar-refractivity contribution in [1.29, 1.82) is 0 Å². The Morgan fingerprint density at radius 1 is 0.920 bits per heavy atom. The Labute approximate surface area is 144 Å². The molecule has 6 heteroatoms. The van der Waals surface area contributed by atoms with E-state index >= 15 is 0 Å². The number of aromatic carboxylic acids is 2. The van der Waals surface area contributed by atoms with E-state index in [1.807, 2.05) is 26.0 Å². The summed E-state index contributed by atoms with van der Waals surface area (Å²) in [5.74, 6) is -2.71. The van der Waals surface area contributed by atoms with E-state index < -0.39 is 17.6 Å². The van der Waals surface area contributed by atoms with E-state index in [0.717, 1.165) is 11.1 Å². The van der Waals surface area contributed by atoms with Gasteiger partial charge in [0.05, 0.1) is 11.4 Å². The number of rotatable bonds is 4. The summed E-state index contributed by atoms with van der Waals surface area (Å²) < 4.78 is 1.38. The van der Waals surface area contributed by atoms with Crippen LogP contribution >= 0.6 is 0 Å². The van der Waals surface area contributed by atoms with Crippen molar-refractivity contribution in [2.75, 3.05) is 0 Å². The molecule has 0 radical (unpaired) electrons. The third-order valence-electron chi connectivity index (χ3n) is 4.08. The molecule has 0 bridgehead atoms. The van der Waals surface area contributed by atoms with Gasteiger partial charge in [0, 0.05) is 5.56 Å². The summed E-state index contributed by atoms with van der Waals surface area (Å²) in [6.07, 6.45) is 0. The summed E-state index contributed by atoms with van der Waals surface area (Å²) in [5.41, 5.74) is 2.71. The second-order valence-corrected chi connectivity index (χ2v) is 5.73. The van der Waals surface area contributed by atoms with Crippen molar-refractivity contribution in [3.63, 3.8) is 0 Å². The second-order valence-electron chi connectivity index (χ2n) is 5.73. The first kappa shape index (κ1) is 16.4. The predicted octanol–water partition coefficient (Wildman–Crippen LogP) is 3.55. The molecule has 3 rings (SSSR count). The lowest BCUT2D eigenvalue weighted by Crippen LogP contribution is -2.07. The quantitative estimate of drug-likeness (QED) is 0.760. The highest BCUT2D eigenvalue weighted by Gasteiger charge is 2.29. The minimum Gasteiger partial charge on any atom is -0.478 e. The standard InChI is InChI=1S/C19H16N2O4/c1-11-8-9-14(10-12(11)2)21-17(13-6-4-3-5-7-13)15(18(22)23)16(20-21)19(24)25/h3-10H,1-2H3,(H,22,23)(H,24,25). The number of carboxylic acid groups (broad SMARTS) is 2. The van der Waals surface area contributed by atoms with Gasteiger partial charge in [-0.05, 0) is 37.1 Å². The molecular formula is C19H16N2O4. The fourth-order valence-corrected chi connectivity index (χ4v) is 2.68. The number of hydrogen-bond acceptors (Lipinski definition) is 3. The van der Waals surface area contributed by atoms with Crippen molar-refractivity contribution in [1.82, 2.24) is 9.78 Å². The van der Waals surface area contributed by atoms with Crippen molar-refractivity contribution in [2.24, 2.45) is 0 Å². The van der Waals surface area contributed by atoms with Gasteiger partial charge >= 0.3 is 11.9 Å². The molecule has 1 aromatic heterocycles. The topological polar surface area (TPSA) is 92.4 Å². The lowest BCUT2D eigenvalue weighted by atomic mass is 10.0. The fraction of sp³-hybridized carbons (Fsp3) is 0.105. The largest absolute Gasteiger partial charge is 0.478 e. The van der Waals surface area contributed by atoms with Crippen LogP contribution in [0.1, 0.15) is 32.0 Å². The Morgan fingerprint density at radius 3 is 2.16 bits per heavy atom. The van der Waals surface area contributed by atoms with E-state index in [1.54, 1.807) is 36.4 Å². The normalized spacial score (nSPS) is 10.6. The van der Waals surface area contributed by atoms with E-state index in [-0.39, 0.29) is 11.3 Å². The lowest BCUT2D eigenvalue weighted by molar-refractivity contribution is 0.0648. The molecule has 0 unspecified atom stereocenters. The van der Waals surface area contributed by atoms with Crippen LogP contribution in [0.2, 0.25) is 0 Å². The molecule has 2 N–H and O–H groups in total. The summed E-state index contributed by atoms with van der Waals surface area (Å²) in [5, 5.41) is 23.1. The van der Waals surface area contributed by atoms with Crippen LogP contribution in [-0.2, 0) is 0 Å². The number of aromatic nitrogens is 2. The Morgan fingerprint density at radius 2 is 1.60 bits per heavy atom. The third-order valence-corrected chi connectivity index (χ3v) is 4.08. The van der Waals surface area contributed by atoms with Gasteiger partial charge in [-0.1, -0.05) is 36.4 Å². The SMILES string of the molecule is Cc1ccc(-n2nc(C(=O)O)c(C(=O)O)c2-c2ccccc2)cc1C. The predicted molar refractivity (Wildman–Crippen MR) is 92.4 cm³/mol. The molecule has 6 nitrogen and oxygen atoms in total. The number of carbonyl (C=O) groups is 2. The zero-order valence-electron chi connectivity index (χ0n) is 13.7. The van der Waals surface area contributed by atoms with Crippen molar-refractivity contribution < 1.29 is 19.8 Å². The average Bonchev–Trinajstić information content (AvgIpc) is 2.99. The first-order chi connectivity index (χ1) is 11.9. The van der Waals surface area contributed by atoms with Crippen molar-refractivity contribution in [2.45, 2.75) is 13.8 Å². The summed E-state index contributed by atoms with van der Waals surface area (Å²) in [6, 6.07) is 14.3. The molecule has 0 aliphatic carbocycles. The van der Waals surface area contributed by atoms with Crippen molar-refractivity contribution in [3.8, 4) is 16.9 Å². The number of nitrogens with zero attached hydrogens (tertiary/aromatic N) is 2. The second kappa shape index (κ2) is 6.24. The summed E-state index contributed by atoms with van der Waals surface area (Å²) in [7, 11) is 0. The number of benzene rings is 2. The summed E-state index contributed by atoms with van der Waals surface area (Å²) in [6.45, 7) is 3.90. The van der Waals surface area contributed by atoms with E-state index in [2.05, 4.69) is 5.10 Å². The first-order valence-corrected chi connectivity index (χ1v) is 7.62. The molecule has 0 fully saturated rings. The highest BCUT2D eigenvalue weighted by molar-refractivity contribution is 6.05. The molecule has 0 amide bonds. The molecular weight excluding hydrogens is 320 g/mol. The van der Waals surface area contributed by atoms with Crippen LogP contribution in [0.15, 0.2) is 48.5 Å². The maximum Gasteiger partial charge on any atom is 0.357 e. The van der Waals surface area contributed by atoms with Crippen LogP contribution in [0.25, 0.3) is 16.9 Å². The molecule has 25 heavy (non-hydrogen) atoms. The molecule has 0 spiro atoms. The zero-order valence-corrected chi connectivity index (χ0v) is 13.7. The van der Waals surface area contributed by atoms with Gasteiger partial charge in [0.1, 0.15) is 5.56 Å². The van der Waals surface area contributed by atoms with Gasteiger partial charge in [-0.15, -0.1) is 0 Å². The Bertz CT molecular complexity index is 975. The maximum atomic E-state index is 11.8. The van der Waals surface area contributed by atoms with Gasteiger partial charge in [-0.25, -0.2) is 14.3 Å². The zero-order chi connectivity index (χ0) is 18.1. The number of carboxylic acids is 2. The van der Waals surface area contributed by atoms with E-state index in [9.17, 15) is 19.8 Å². The molecule has 2 aromatic carbocycles. The van der Waals surface area contributed by atoms with E-state index in [0.29, 0.717) is 11.3 Å². The fourth-order valence-electron chi connectivity index (χ4n) is 2.68. The van der Waals surface area contributed by atoms with Gasteiger partial charge in [0.15, 0.2) is 5.69 Å². The van der Waals surface area contributed by atoms with Crippen LogP contribution in [0, 0.1) is 13.8 Å². The smallest absolute Gasteiger partial charge is 0.357 e. The van der Waals surface area contributed by atoms with Crippen LogP contribution in [0.3, 0.4) is 0 Å². The molecule has 3 aromatic rings. The molecule has 0 aliphatic heterocycles.